The lowest BCUT2D eigenvalue weighted by Gasteiger charge is -2.19. The predicted molar refractivity (Wildman–Crippen MR) is 95.7 cm³/mol. The van der Waals surface area contributed by atoms with Gasteiger partial charge in [-0.15, -0.1) is 0 Å². The highest BCUT2D eigenvalue weighted by molar-refractivity contribution is 5.91. The highest BCUT2D eigenvalue weighted by Crippen LogP contribution is 2.28. The van der Waals surface area contributed by atoms with Gasteiger partial charge in [0.1, 0.15) is 17.4 Å². The zero-order valence-corrected chi connectivity index (χ0v) is 13.7. The summed E-state index contributed by atoms with van der Waals surface area (Å²) in [6, 6.07) is 18.0. The molecule has 0 saturated carbocycles. The normalized spacial score (nSPS) is 11.0. The Kier molecular flexibility index (Phi) is 3.90. The van der Waals surface area contributed by atoms with E-state index in [1.807, 2.05) is 48.3 Å². The molecule has 0 amide bonds. The number of furan rings is 1. The molecule has 25 heavy (non-hydrogen) atoms. The molecule has 2 heterocycles. The van der Waals surface area contributed by atoms with Gasteiger partial charge in [-0.1, -0.05) is 24.3 Å². The van der Waals surface area contributed by atoms with Gasteiger partial charge in [0.25, 0.3) is 0 Å². The summed E-state index contributed by atoms with van der Waals surface area (Å²) in [5, 5.41) is 0.914. The first kappa shape index (κ1) is 15.3. The Balaban J connectivity index is 1.86. The van der Waals surface area contributed by atoms with Gasteiger partial charge in [-0.05, 0) is 36.4 Å². The number of anilines is 1. The highest BCUT2D eigenvalue weighted by Gasteiger charge is 2.15. The molecule has 2 aromatic heterocycles. The van der Waals surface area contributed by atoms with Gasteiger partial charge in [-0.2, -0.15) is 0 Å². The third kappa shape index (κ3) is 2.96. The Hall–Kier alpha value is -3.21. The SMILES string of the molecule is CN(Cc1ccco1)c1nc(-c2ccccc2F)nc2ccccc12. The van der Waals surface area contributed by atoms with E-state index in [2.05, 4.69) is 9.97 Å². The summed E-state index contributed by atoms with van der Waals surface area (Å²) in [6.45, 7) is 0.560. The molecule has 0 spiro atoms. The van der Waals surface area contributed by atoms with Gasteiger partial charge >= 0.3 is 0 Å². The van der Waals surface area contributed by atoms with Crippen molar-refractivity contribution in [3.8, 4) is 11.4 Å². The molecule has 0 fully saturated rings. The molecule has 0 aliphatic rings. The van der Waals surface area contributed by atoms with Crippen molar-refractivity contribution >= 4 is 16.7 Å². The third-order valence-corrected chi connectivity index (χ3v) is 4.03. The third-order valence-electron chi connectivity index (χ3n) is 4.03. The number of halogens is 1. The van der Waals surface area contributed by atoms with Crippen LogP contribution in [-0.4, -0.2) is 17.0 Å². The maximum absolute atomic E-state index is 14.2. The number of nitrogens with zero attached hydrogens (tertiary/aromatic N) is 3. The fraction of sp³-hybridized carbons (Fsp3) is 0.100. The molecule has 5 heteroatoms. The molecular formula is C20H16FN3O. The Bertz CT molecular complexity index is 1010. The van der Waals surface area contributed by atoms with E-state index in [1.54, 1.807) is 24.5 Å². The summed E-state index contributed by atoms with van der Waals surface area (Å²) in [5.74, 6) is 1.61. The van der Waals surface area contributed by atoms with Crippen LogP contribution in [0.15, 0.2) is 71.3 Å². The second-order valence-electron chi connectivity index (χ2n) is 5.80. The van der Waals surface area contributed by atoms with Gasteiger partial charge in [-0.3, -0.25) is 0 Å². The lowest BCUT2D eigenvalue weighted by Crippen LogP contribution is -2.18. The molecule has 124 valence electrons. The van der Waals surface area contributed by atoms with Crippen LogP contribution in [0.1, 0.15) is 5.76 Å². The zero-order valence-electron chi connectivity index (χ0n) is 13.7. The standard InChI is InChI=1S/C20H16FN3O/c1-24(13-14-7-6-12-25-14)20-16-9-3-5-11-18(16)22-19(23-20)15-8-2-4-10-17(15)21/h2-12H,13H2,1H3. The molecule has 0 unspecified atom stereocenters. The Labute approximate surface area is 144 Å². The summed E-state index contributed by atoms with van der Waals surface area (Å²) in [7, 11) is 1.93. The summed E-state index contributed by atoms with van der Waals surface area (Å²) in [6.07, 6.45) is 1.64. The van der Waals surface area contributed by atoms with E-state index < -0.39 is 0 Å². The number of hydrogen-bond donors (Lipinski definition) is 0. The topological polar surface area (TPSA) is 42.2 Å². The number of aromatic nitrogens is 2. The first-order valence-corrected chi connectivity index (χ1v) is 7.97. The maximum Gasteiger partial charge on any atom is 0.165 e. The van der Waals surface area contributed by atoms with Crippen molar-refractivity contribution in [3.05, 3.63) is 78.5 Å². The first-order chi connectivity index (χ1) is 12.2. The Morgan fingerprint density at radius 1 is 0.960 bits per heavy atom. The smallest absolute Gasteiger partial charge is 0.165 e. The number of hydrogen-bond acceptors (Lipinski definition) is 4. The quantitative estimate of drug-likeness (QED) is 0.544. The molecule has 2 aromatic carbocycles. The minimum absolute atomic E-state index is 0.336. The van der Waals surface area contributed by atoms with E-state index >= 15 is 0 Å². The van der Waals surface area contributed by atoms with Crippen LogP contribution in [0.3, 0.4) is 0 Å². The van der Waals surface area contributed by atoms with Crippen molar-refractivity contribution in [1.29, 1.82) is 0 Å². The van der Waals surface area contributed by atoms with Gasteiger partial charge in [0, 0.05) is 12.4 Å². The van der Waals surface area contributed by atoms with Crippen molar-refractivity contribution in [1.82, 2.24) is 9.97 Å². The predicted octanol–water partition coefficient (Wildman–Crippen LogP) is 4.67. The lowest BCUT2D eigenvalue weighted by atomic mass is 10.1. The van der Waals surface area contributed by atoms with E-state index in [9.17, 15) is 4.39 Å². The molecule has 0 atom stereocenters. The van der Waals surface area contributed by atoms with Gasteiger partial charge in [0.15, 0.2) is 5.82 Å². The molecule has 4 aromatic rings. The molecule has 0 N–H and O–H groups in total. The number of fused-ring (bicyclic) bond motifs is 1. The molecule has 0 saturated heterocycles. The average Bonchev–Trinajstić information content (AvgIpc) is 3.14. The number of rotatable bonds is 4. The van der Waals surface area contributed by atoms with Crippen LogP contribution in [0.5, 0.6) is 0 Å². The zero-order chi connectivity index (χ0) is 17.2. The monoisotopic (exact) mass is 333 g/mol. The fourth-order valence-corrected chi connectivity index (χ4v) is 2.83. The van der Waals surface area contributed by atoms with Crippen LogP contribution in [-0.2, 0) is 6.54 Å². The van der Waals surface area contributed by atoms with Crippen molar-refractivity contribution in [2.24, 2.45) is 0 Å². The number of para-hydroxylation sites is 1. The van der Waals surface area contributed by atoms with E-state index in [1.165, 1.54) is 6.07 Å². The van der Waals surface area contributed by atoms with Gasteiger partial charge < -0.3 is 9.32 Å². The average molecular weight is 333 g/mol. The van der Waals surface area contributed by atoms with E-state index in [-0.39, 0.29) is 5.82 Å². The molecule has 4 nitrogen and oxygen atoms in total. The van der Waals surface area contributed by atoms with E-state index in [4.69, 9.17) is 4.42 Å². The maximum atomic E-state index is 14.2. The van der Waals surface area contributed by atoms with Gasteiger partial charge in [-0.25, -0.2) is 14.4 Å². The van der Waals surface area contributed by atoms with Gasteiger partial charge in [0.2, 0.25) is 0 Å². The van der Waals surface area contributed by atoms with Crippen LogP contribution in [0.25, 0.3) is 22.3 Å². The summed E-state index contributed by atoms with van der Waals surface area (Å²) >= 11 is 0. The molecule has 0 aliphatic heterocycles. The highest BCUT2D eigenvalue weighted by atomic mass is 19.1. The molecule has 4 rings (SSSR count). The summed E-state index contributed by atoms with van der Waals surface area (Å²) < 4.78 is 19.6. The van der Waals surface area contributed by atoms with Crippen LogP contribution in [0.4, 0.5) is 10.2 Å². The van der Waals surface area contributed by atoms with Crippen LogP contribution in [0.2, 0.25) is 0 Å². The fourth-order valence-electron chi connectivity index (χ4n) is 2.83. The van der Waals surface area contributed by atoms with Gasteiger partial charge in [0.05, 0.1) is 23.9 Å². The molecule has 0 radical (unpaired) electrons. The van der Waals surface area contributed by atoms with Crippen LogP contribution in [0, 0.1) is 5.82 Å². The van der Waals surface area contributed by atoms with E-state index in [0.717, 1.165) is 22.5 Å². The number of benzene rings is 2. The van der Waals surface area contributed by atoms with Crippen molar-refractivity contribution in [2.45, 2.75) is 6.54 Å². The Morgan fingerprint density at radius 2 is 1.76 bits per heavy atom. The second kappa shape index (κ2) is 6.36. The minimum atomic E-state index is -0.336. The first-order valence-electron chi connectivity index (χ1n) is 7.97. The van der Waals surface area contributed by atoms with Crippen LogP contribution < -0.4 is 4.90 Å². The minimum Gasteiger partial charge on any atom is -0.467 e. The molecule has 0 aliphatic carbocycles. The summed E-state index contributed by atoms with van der Waals surface area (Å²) in [4.78, 5) is 11.2. The van der Waals surface area contributed by atoms with Crippen molar-refractivity contribution in [3.63, 3.8) is 0 Å². The molecular weight excluding hydrogens is 317 g/mol. The van der Waals surface area contributed by atoms with Crippen LogP contribution >= 0.6 is 0 Å². The largest absolute Gasteiger partial charge is 0.467 e. The van der Waals surface area contributed by atoms with Crippen molar-refractivity contribution < 1.29 is 8.81 Å². The second-order valence-corrected chi connectivity index (χ2v) is 5.80. The lowest BCUT2D eigenvalue weighted by molar-refractivity contribution is 0.507. The molecule has 0 bridgehead atoms. The van der Waals surface area contributed by atoms with E-state index in [0.29, 0.717) is 17.9 Å². The Morgan fingerprint density at radius 3 is 2.56 bits per heavy atom. The summed E-state index contributed by atoms with van der Waals surface area (Å²) in [5.41, 5.74) is 1.16. The van der Waals surface area contributed by atoms with Crippen molar-refractivity contribution in [2.75, 3.05) is 11.9 Å².